The van der Waals surface area contributed by atoms with E-state index in [1.807, 2.05) is 0 Å². The average Bonchev–Trinajstić information content (AvgIpc) is 2.87. The lowest BCUT2D eigenvalue weighted by atomic mass is 10.3. The van der Waals surface area contributed by atoms with Gasteiger partial charge in [0, 0.05) is 38.8 Å². The highest BCUT2D eigenvalue weighted by molar-refractivity contribution is 7.89. The first-order chi connectivity index (χ1) is 9.45. The van der Waals surface area contributed by atoms with E-state index in [0.717, 1.165) is 0 Å². The fourth-order valence-corrected chi connectivity index (χ4v) is 3.99. The van der Waals surface area contributed by atoms with Crippen molar-refractivity contribution in [3.63, 3.8) is 0 Å². The van der Waals surface area contributed by atoms with E-state index in [2.05, 4.69) is 10.3 Å². The Morgan fingerprint density at radius 2 is 2.35 bits per heavy atom. The fourth-order valence-electron chi connectivity index (χ4n) is 2.30. The van der Waals surface area contributed by atoms with E-state index in [0.29, 0.717) is 18.7 Å². The van der Waals surface area contributed by atoms with Gasteiger partial charge >= 0.3 is 0 Å². The average molecular weight is 298 g/mol. The number of sulfonamides is 1. The van der Waals surface area contributed by atoms with Crippen LogP contribution < -0.4 is 11.1 Å². The SMILES string of the molecule is CC(=O)NC1CCN(S(=O)(=O)c2cccnc2CN)C1. The van der Waals surface area contributed by atoms with E-state index in [-0.39, 0.29) is 29.9 Å². The van der Waals surface area contributed by atoms with Crippen molar-refractivity contribution < 1.29 is 13.2 Å². The molecule has 1 aliphatic rings. The largest absolute Gasteiger partial charge is 0.352 e. The number of hydrogen-bond acceptors (Lipinski definition) is 5. The molecule has 3 N–H and O–H groups in total. The second-order valence-electron chi connectivity index (χ2n) is 4.70. The Morgan fingerprint density at radius 3 is 3.00 bits per heavy atom. The van der Waals surface area contributed by atoms with E-state index < -0.39 is 10.0 Å². The Kier molecular flexibility index (Phi) is 4.36. The van der Waals surface area contributed by atoms with Gasteiger partial charge < -0.3 is 11.1 Å². The van der Waals surface area contributed by atoms with Gasteiger partial charge in [0.2, 0.25) is 15.9 Å². The molecule has 1 unspecified atom stereocenters. The molecule has 0 spiro atoms. The highest BCUT2D eigenvalue weighted by Gasteiger charge is 2.34. The monoisotopic (exact) mass is 298 g/mol. The van der Waals surface area contributed by atoms with E-state index in [4.69, 9.17) is 5.73 Å². The molecule has 0 saturated carbocycles. The Morgan fingerprint density at radius 1 is 1.60 bits per heavy atom. The first-order valence-corrected chi connectivity index (χ1v) is 7.80. The normalized spacial score (nSPS) is 20.0. The third kappa shape index (κ3) is 2.97. The minimum atomic E-state index is -3.61. The van der Waals surface area contributed by atoms with Crippen molar-refractivity contribution in [2.24, 2.45) is 5.73 Å². The van der Waals surface area contributed by atoms with Crippen molar-refractivity contribution >= 4 is 15.9 Å². The number of carbonyl (C=O) groups is 1. The maximum absolute atomic E-state index is 12.6. The maximum atomic E-state index is 12.6. The van der Waals surface area contributed by atoms with Crippen molar-refractivity contribution in [1.29, 1.82) is 0 Å². The van der Waals surface area contributed by atoms with Gasteiger partial charge in [-0.15, -0.1) is 0 Å². The summed E-state index contributed by atoms with van der Waals surface area (Å²) in [6.07, 6.45) is 2.13. The summed E-state index contributed by atoms with van der Waals surface area (Å²) in [4.78, 5) is 15.2. The van der Waals surface area contributed by atoms with Gasteiger partial charge in [-0.05, 0) is 18.6 Å². The van der Waals surface area contributed by atoms with E-state index >= 15 is 0 Å². The zero-order valence-corrected chi connectivity index (χ0v) is 12.1. The number of nitrogens with two attached hydrogens (primary N) is 1. The minimum Gasteiger partial charge on any atom is -0.352 e. The number of aromatic nitrogens is 1. The molecule has 1 fully saturated rings. The van der Waals surface area contributed by atoms with Crippen LogP contribution in [-0.2, 0) is 21.4 Å². The van der Waals surface area contributed by atoms with Crippen LogP contribution in [0.25, 0.3) is 0 Å². The van der Waals surface area contributed by atoms with Crippen LogP contribution in [0.5, 0.6) is 0 Å². The third-order valence-corrected chi connectivity index (χ3v) is 5.16. The fraction of sp³-hybridized carbons (Fsp3) is 0.500. The van der Waals surface area contributed by atoms with Gasteiger partial charge in [0.15, 0.2) is 0 Å². The van der Waals surface area contributed by atoms with Crippen molar-refractivity contribution in [3.8, 4) is 0 Å². The Hall–Kier alpha value is -1.51. The number of carbonyl (C=O) groups excluding carboxylic acids is 1. The third-order valence-electron chi connectivity index (χ3n) is 3.22. The molecular formula is C12H18N4O3S. The van der Waals surface area contributed by atoms with Crippen LogP contribution in [0.3, 0.4) is 0 Å². The molecule has 1 aromatic heterocycles. The molecule has 20 heavy (non-hydrogen) atoms. The predicted octanol–water partition coefficient (Wildman–Crippen LogP) is -0.561. The summed E-state index contributed by atoms with van der Waals surface area (Å²) in [5.74, 6) is -0.154. The molecule has 0 bridgehead atoms. The summed E-state index contributed by atoms with van der Waals surface area (Å²) in [5, 5.41) is 2.74. The van der Waals surface area contributed by atoms with Gasteiger partial charge in [0.25, 0.3) is 0 Å². The molecule has 1 saturated heterocycles. The molecule has 1 aromatic rings. The summed E-state index contributed by atoms with van der Waals surface area (Å²) in [6, 6.07) is 2.95. The van der Waals surface area contributed by atoms with E-state index in [9.17, 15) is 13.2 Å². The van der Waals surface area contributed by atoms with Crippen molar-refractivity contribution in [2.75, 3.05) is 13.1 Å². The van der Waals surface area contributed by atoms with Crippen LogP contribution >= 0.6 is 0 Å². The molecule has 8 heteroatoms. The number of amides is 1. The summed E-state index contributed by atoms with van der Waals surface area (Å²) < 4.78 is 26.5. The molecule has 7 nitrogen and oxygen atoms in total. The highest BCUT2D eigenvalue weighted by Crippen LogP contribution is 2.22. The zero-order valence-electron chi connectivity index (χ0n) is 11.2. The molecule has 1 amide bonds. The van der Waals surface area contributed by atoms with Gasteiger partial charge in [-0.25, -0.2) is 8.42 Å². The molecule has 2 heterocycles. The number of rotatable bonds is 4. The Labute approximate surface area is 118 Å². The van der Waals surface area contributed by atoms with Gasteiger partial charge in [0.05, 0.1) is 5.69 Å². The van der Waals surface area contributed by atoms with Crippen LogP contribution in [0.1, 0.15) is 19.0 Å². The summed E-state index contributed by atoms with van der Waals surface area (Å²) >= 11 is 0. The highest BCUT2D eigenvalue weighted by atomic mass is 32.2. The number of pyridine rings is 1. The second-order valence-corrected chi connectivity index (χ2v) is 6.61. The molecular weight excluding hydrogens is 280 g/mol. The van der Waals surface area contributed by atoms with Crippen LogP contribution in [0.4, 0.5) is 0 Å². The first-order valence-electron chi connectivity index (χ1n) is 6.36. The van der Waals surface area contributed by atoms with Crippen LogP contribution in [-0.4, -0.2) is 42.7 Å². The van der Waals surface area contributed by atoms with Gasteiger partial charge in [-0.1, -0.05) is 0 Å². The topological polar surface area (TPSA) is 105 Å². The number of nitrogens with one attached hydrogen (secondary N) is 1. The molecule has 110 valence electrons. The Bertz CT molecular complexity index is 602. The van der Waals surface area contributed by atoms with Gasteiger partial charge in [-0.3, -0.25) is 9.78 Å². The standard InChI is InChI=1S/C12H18N4O3S/c1-9(17)15-10-4-6-16(8-10)20(18,19)12-3-2-5-14-11(12)7-13/h2-3,5,10H,4,6-8,13H2,1H3,(H,15,17). The summed E-state index contributed by atoms with van der Waals surface area (Å²) in [7, 11) is -3.61. The zero-order chi connectivity index (χ0) is 14.8. The van der Waals surface area contributed by atoms with Gasteiger partial charge in [0.1, 0.15) is 4.90 Å². The maximum Gasteiger partial charge on any atom is 0.245 e. The molecule has 0 aliphatic carbocycles. The summed E-state index contributed by atoms with van der Waals surface area (Å²) in [5.41, 5.74) is 5.89. The van der Waals surface area contributed by atoms with Crippen molar-refractivity contribution in [1.82, 2.24) is 14.6 Å². The quantitative estimate of drug-likeness (QED) is 0.775. The van der Waals surface area contributed by atoms with Crippen LogP contribution in [0.2, 0.25) is 0 Å². The van der Waals surface area contributed by atoms with Crippen molar-refractivity contribution in [3.05, 3.63) is 24.0 Å². The lowest BCUT2D eigenvalue weighted by Crippen LogP contribution is -2.37. The van der Waals surface area contributed by atoms with Gasteiger partial charge in [-0.2, -0.15) is 4.31 Å². The number of nitrogens with zero attached hydrogens (tertiary/aromatic N) is 2. The second kappa shape index (κ2) is 5.86. The molecule has 2 rings (SSSR count). The molecule has 0 radical (unpaired) electrons. The predicted molar refractivity (Wildman–Crippen MR) is 73.1 cm³/mol. The summed E-state index contributed by atoms with van der Waals surface area (Å²) in [6.45, 7) is 2.15. The van der Waals surface area contributed by atoms with E-state index in [1.165, 1.54) is 23.5 Å². The van der Waals surface area contributed by atoms with Crippen LogP contribution in [0.15, 0.2) is 23.2 Å². The van der Waals surface area contributed by atoms with Crippen LogP contribution in [0, 0.1) is 0 Å². The minimum absolute atomic E-state index is 0.0678. The lowest BCUT2D eigenvalue weighted by Gasteiger charge is -2.18. The van der Waals surface area contributed by atoms with E-state index in [1.54, 1.807) is 6.07 Å². The Balaban J connectivity index is 2.22. The smallest absolute Gasteiger partial charge is 0.245 e. The first kappa shape index (κ1) is 14.9. The van der Waals surface area contributed by atoms with Crippen molar-refractivity contribution in [2.45, 2.75) is 30.8 Å². The molecule has 1 atom stereocenters. The lowest BCUT2D eigenvalue weighted by molar-refractivity contribution is -0.119. The molecule has 1 aliphatic heterocycles. The number of hydrogen-bond donors (Lipinski definition) is 2. The molecule has 0 aromatic carbocycles.